The minimum atomic E-state index is -0.292. The van der Waals surface area contributed by atoms with Crippen LogP contribution in [-0.4, -0.2) is 68.9 Å². The van der Waals surface area contributed by atoms with Crippen LogP contribution in [0.15, 0.2) is 66.7 Å². The van der Waals surface area contributed by atoms with Gasteiger partial charge in [-0.3, -0.25) is 14.7 Å². The Hall–Kier alpha value is -4.21. The number of H-pyrrole nitrogens is 2. The molecule has 0 unspecified atom stereocenters. The smallest absolute Gasteiger partial charge is 0.302 e. The largest absolute Gasteiger partial charge is 0.345 e. The Morgan fingerprint density at radius 1 is 0.946 bits per heavy atom. The third-order valence-electron chi connectivity index (χ3n) is 6.24. The highest BCUT2D eigenvalue weighted by Gasteiger charge is 2.29. The Kier molecular flexibility index (Phi) is 6.41. The van der Waals surface area contributed by atoms with Gasteiger partial charge in [-0.05, 0) is 56.6 Å². The molecule has 3 aromatic carbocycles. The Morgan fingerprint density at radius 3 is 2.49 bits per heavy atom. The van der Waals surface area contributed by atoms with Crippen molar-refractivity contribution >= 4 is 16.8 Å². The molecule has 9 heteroatoms. The van der Waals surface area contributed by atoms with Gasteiger partial charge in [-0.25, -0.2) is 14.2 Å². The van der Waals surface area contributed by atoms with Crippen LogP contribution in [-0.2, 0) is 13.1 Å². The number of fused-ring (bicyclic) bond motifs is 1. The van der Waals surface area contributed by atoms with Crippen molar-refractivity contribution in [1.29, 1.82) is 0 Å². The van der Waals surface area contributed by atoms with Crippen molar-refractivity contribution in [2.24, 2.45) is 0 Å². The first-order valence-electron chi connectivity index (χ1n) is 12.0. The van der Waals surface area contributed by atoms with Crippen LogP contribution in [0.1, 0.15) is 21.7 Å². The molecule has 0 atom stereocenters. The van der Waals surface area contributed by atoms with Crippen LogP contribution in [0.3, 0.4) is 0 Å². The van der Waals surface area contributed by atoms with Crippen molar-refractivity contribution in [1.82, 2.24) is 30.3 Å². The second kappa shape index (κ2) is 9.68. The number of quaternary nitrogens is 1. The maximum atomic E-state index is 13.5. The Morgan fingerprint density at radius 2 is 1.73 bits per heavy atom. The first-order valence-corrected chi connectivity index (χ1v) is 12.0. The molecule has 5 rings (SSSR count). The van der Waals surface area contributed by atoms with E-state index in [1.807, 2.05) is 75.6 Å². The van der Waals surface area contributed by atoms with Crippen LogP contribution < -0.4 is 0 Å². The lowest BCUT2D eigenvalue weighted by atomic mass is 10.0. The topological polar surface area (TPSA) is 90.6 Å². The van der Waals surface area contributed by atoms with Gasteiger partial charge in [0.15, 0.2) is 5.82 Å². The number of carbonyl (C=O) groups is 1. The molecule has 1 amide bonds. The van der Waals surface area contributed by atoms with E-state index in [2.05, 4.69) is 25.4 Å². The summed E-state index contributed by atoms with van der Waals surface area (Å²) in [6.45, 7) is 1.12. The van der Waals surface area contributed by atoms with Gasteiger partial charge in [-0.2, -0.15) is 10.2 Å². The summed E-state index contributed by atoms with van der Waals surface area (Å²) in [7, 11) is 7.67. The normalized spacial score (nSPS) is 11.9. The molecule has 0 aliphatic heterocycles. The molecule has 0 aliphatic carbocycles. The predicted octanol–water partition coefficient (Wildman–Crippen LogP) is 4.63. The van der Waals surface area contributed by atoms with Gasteiger partial charge >= 0.3 is 5.91 Å². The summed E-state index contributed by atoms with van der Waals surface area (Å²) in [5, 5.41) is 15.9. The molecule has 0 saturated heterocycles. The molecule has 188 valence electrons. The van der Waals surface area contributed by atoms with Gasteiger partial charge in [0, 0.05) is 22.1 Å². The van der Waals surface area contributed by atoms with Crippen molar-refractivity contribution < 1.29 is 13.7 Å². The summed E-state index contributed by atoms with van der Waals surface area (Å²) in [5.41, 5.74) is 4.81. The van der Waals surface area contributed by atoms with Crippen LogP contribution in [0.2, 0.25) is 0 Å². The van der Waals surface area contributed by atoms with Crippen LogP contribution in [0, 0.1) is 5.82 Å². The minimum absolute atomic E-state index is 0.0409. The fourth-order valence-corrected chi connectivity index (χ4v) is 4.43. The maximum absolute atomic E-state index is 13.5. The molecular formula is C28H29FN7O+. The summed E-state index contributed by atoms with van der Waals surface area (Å²) in [6.07, 6.45) is 0. The van der Waals surface area contributed by atoms with Gasteiger partial charge in [0.1, 0.15) is 18.2 Å². The summed E-state index contributed by atoms with van der Waals surface area (Å²) >= 11 is 0. The summed E-state index contributed by atoms with van der Waals surface area (Å²) in [6, 6.07) is 19.7. The van der Waals surface area contributed by atoms with Crippen molar-refractivity contribution in [3.8, 4) is 22.6 Å². The van der Waals surface area contributed by atoms with Crippen LogP contribution >= 0.6 is 0 Å². The monoisotopic (exact) mass is 498 g/mol. The Bertz CT molecular complexity index is 1570. The van der Waals surface area contributed by atoms with E-state index in [0.29, 0.717) is 24.5 Å². The van der Waals surface area contributed by atoms with Crippen molar-refractivity contribution in [2.75, 3.05) is 28.2 Å². The average molecular weight is 499 g/mol. The molecule has 2 N–H and O–H groups in total. The molecule has 5 aromatic rings. The number of benzene rings is 3. The molecule has 0 saturated carbocycles. The standard InChI is InChI=1S/C28H29FN7O/c1-35(2)16-25-30-27(34-32-25)20-10-13-24-23(15-20)26(33-31-24)19-6-5-7-21(14-19)28(37)36(3,4)17-18-8-11-22(29)12-9-18/h5-15H,16-17H2,1-4H3,(H,31,33)(H,30,32,34)/q+1. The SMILES string of the molecule is CN(C)Cc1nc(-c2ccc3[nH]nc(-c4cccc(C(=O)[N+](C)(C)Cc5ccc(F)cc5)c4)c3c2)n[nH]1. The van der Waals surface area contributed by atoms with Crippen molar-refractivity contribution in [3.63, 3.8) is 0 Å². The molecule has 8 nitrogen and oxygen atoms in total. The van der Waals surface area contributed by atoms with E-state index in [4.69, 9.17) is 0 Å². The number of nitrogens with zero attached hydrogens (tertiary/aromatic N) is 5. The van der Waals surface area contributed by atoms with E-state index in [-0.39, 0.29) is 16.2 Å². The highest BCUT2D eigenvalue weighted by atomic mass is 19.1. The first kappa shape index (κ1) is 24.5. The van der Waals surface area contributed by atoms with Crippen molar-refractivity contribution in [3.05, 3.63) is 89.5 Å². The Balaban J connectivity index is 1.44. The molecule has 0 aliphatic rings. The molecule has 0 radical (unpaired) electrons. The summed E-state index contributed by atoms with van der Waals surface area (Å²) in [5.74, 6) is 1.08. The maximum Gasteiger partial charge on any atom is 0.345 e. The number of nitrogens with one attached hydrogen (secondary N) is 2. The molecule has 37 heavy (non-hydrogen) atoms. The quantitative estimate of drug-likeness (QED) is 0.319. The summed E-state index contributed by atoms with van der Waals surface area (Å²) < 4.78 is 13.4. The average Bonchev–Trinajstić information content (AvgIpc) is 3.51. The van der Waals surface area contributed by atoms with Gasteiger partial charge in [0.05, 0.1) is 37.4 Å². The van der Waals surface area contributed by atoms with Crippen LogP contribution in [0.5, 0.6) is 0 Å². The van der Waals surface area contributed by atoms with E-state index in [1.165, 1.54) is 12.1 Å². The van der Waals surface area contributed by atoms with E-state index < -0.39 is 0 Å². The van der Waals surface area contributed by atoms with E-state index in [0.717, 1.165) is 39.1 Å². The predicted molar refractivity (Wildman–Crippen MR) is 141 cm³/mol. The number of hydrogen-bond donors (Lipinski definition) is 2. The van der Waals surface area contributed by atoms with Gasteiger partial charge in [-0.1, -0.05) is 24.3 Å². The second-order valence-electron chi connectivity index (χ2n) is 10.0. The zero-order valence-electron chi connectivity index (χ0n) is 21.3. The number of amides is 1. The molecule has 2 aromatic heterocycles. The highest BCUT2D eigenvalue weighted by Crippen LogP contribution is 2.30. The number of aromatic nitrogens is 5. The lowest BCUT2D eigenvalue weighted by molar-refractivity contribution is -0.821. The molecular weight excluding hydrogens is 469 g/mol. The summed E-state index contributed by atoms with van der Waals surface area (Å²) in [4.78, 5) is 20.1. The molecule has 0 fully saturated rings. The number of hydrogen-bond acceptors (Lipinski definition) is 5. The third kappa shape index (κ3) is 5.18. The van der Waals surface area contributed by atoms with Crippen LogP contribution in [0.25, 0.3) is 33.5 Å². The van der Waals surface area contributed by atoms with Crippen LogP contribution in [0.4, 0.5) is 4.39 Å². The number of aromatic amines is 2. The van der Waals surface area contributed by atoms with Crippen molar-refractivity contribution in [2.45, 2.75) is 13.1 Å². The first-order chi connectivity index (χ1) is 17.7. The second-order valence-corrected chi connectivity index (χ2v) is 10.0. The fraction of sp³-hybridized carbons (Fsp3) is 0.214. The zero-order chi connectivity index (χ0) is 26.2. The van der Waals surface area contributed by atoms with E-state index in [1.54, 1.807) is 12.1 Å². The zero-order valence-corrected chi connectivity index (χ0v) is 21.3. The number of halogens is 1. The molecule has 2 heterocycles. The number of carbonyl (C=O) groups excluding carboxylic acids is 1. The van der Waals surface area contributed by atoms with E-state index in [9.17, 15) is 9.18 Å². The highest BCUT2D eigenvalue weighted by molar-refractivity contribution is 5.97. The minimum Gasteiger partial charge on any atom is -0.302 e. The molecule has 0 spiro atoms. The van der Waals surface area contributed by atoms with Gasteiger partial charge < -0.3 is 4.90 Å². The lowest BCUT2D eigenvalue weighted by Gasteiger charge is -2.27. The molecule has 0 bridgehead atoms. The lowest BCUT2D eigenvalue weighted by Crippen LogP contribution is -2.44. The van der Waals surface area contributed by atoms with E-state index >= 15 is 0 Å². The third-order valence-corrected chi connectivity index (χ3v) is 6.24. The number of rotatable bonds is 7. The van der Waals surface area contributed by atoms with Gasteiger partial charge in [-0.15, -0.1) is 0 Å². The fourth-order valence-electron chi connectivity index (χ4n) is 4.43. The van der Waals surface area contributed by atoms with Gasteiger partial charge in [0.2, 0.25) is 0 Å². The Labute approximate surface area is 214 Å². The van der Waals surface area contributed by atoms with Gasteiger partial charge in [0.25, 0.3) is 0 Å².